The fourth-order valence-electron chi connectivity index (χ4n) is 2.54. The van der Waals surface area contributed by atoms with Crippen LogP contribution in [-0.4, -0.2) is 29.3 Å². The molecule has 0 aliphatic carbocycles. The van der Waals surface area contributed by atoms with E-state index in [0.717, 1.165) is 36.3 Å². The fraction of sp³-hybridized carbons (Fsp3) is 0.786. The first-order valence-electron chi connectivity index (χ1n) is 7.36. The van der Waals surface area contributed by atoms with Crippen molar-refractivity contribution in [2.24, 2.45) is 0 Å². The van der Waals surface area contributed by atoms with Crippen LogP contribution < -0.4 is 5.32 Å². The lowest BCUT2D eigenvalue weighted by molar-refractivity contribution is -0.325. The molecule has 0 saturated carbocycles. The summed E-state index contributed by atoms with van der Waals surface area (Å²) in [6.07, 6.45) is -3.11. The quantitative estimate of drug-likeness (QED) is 0.801. The van der Waals surface area contributed by atoms with Gasteiger partial charge in [0.25, 0.3) is 0 Å². The minimum absolute atomic E-state index is 0.106. The summed E-state index contributed by atoms with van der Waals surface area (Å²) in [5.74, 6) is 0. The molecule has 0 spiro atoms. The first kappa shape index (κ1) is 18.0. The monoisotopic (exact) mass is 307 g/mol. The topological polar surface area (TPSA) is 39.1 Å². The average molecular weight is 307 g/mol. The van der Waals surface area contributed by atoms with Crippen molar-refractivity contribution >= 4 is 0 Å². The molecular formula is C14H24F3N3O. The van der Waals surface area contributed by atoms with Crippen LogP contribution in [0.2, 0.25) is 0 Å². The molecule has 0 radical (unpaired) electrons. The van der Waals surface area contributed by atoms with Crippen molar-refractivity contribution in [1.29, 1.82) is 0 Å². The molecule has 0 bridgehead atoms. The van der Waals surface area contributed by atoms with Crippen molar-refractivity contribution in [2.75, 3.05) is 13.2 Å². The Kier molecular flexibility index (Phi) is 6.67. The number of alkyl halides is 3. The largest absolute Gasteiger partial charge is 0.522 e. The molecule has 0 fully saturated rings. The van der Waals surface area contributed by atoms with Gasteiger partial charge in [0.05, 0.1) is 18.8 Å². The molecule has 1 rings (SSSR count). The normalized spacial score (nSPS) is 13.7. The Labute approximate surface area is 123 Å². The van der Waals surface area contributed by atoms with E-state index in [2.05, 4.69) is 22.1 Å². The van der Waals surface area contributed by atoms with E-state index in [1.807, 2.05) is 20.8 Å². The van der Waals surface area contributed by atoms with Gasteiger partial charge in [0.2, 0.25) is 0 Å². The maximum Gasteiger partial charge on any atom is 0.522 e. The number of nitrogens with one attached hydrogen (secondary N) is 1. The molecule has 1 atom stereocenters. The maximum absolute atomic E-state index is 12.1. The number of nitrogens with zero attached hydrogens (tertiary/aromatic N) is 2. The van der Waals surface area contributed by atoms with Gasteiger partial charge in [0, 0.05) is 17.3 Å². The number of aryl methyl sites for hydroxylation is 1. The molecule has 0 saturated heterocycles. The van der Waals surface area contributed by atoms with Gasteiger partial charge in [-0.1, -0.05) is 20.8 Å². The van der Waals surface area contributed by atoms with Crippen molar-refractivity contribution in [1.82, 2.24) is 15.1 Å². The van der Waals surface area contributed by atoms with Crippen molar-refractivity contribution in [3.63, 3.8) is 0 Å². The maximum atomic E-state index is 12.1. The van der Waals surface area contributed by atoms with Gasteiger partial charge in [-0.25, -0.2) is 0 Å². The molecule has 0 aliphatic rings. The summed E-state index contributed by atoms with van der Waals surface area (Å²) in [5.41, 5.74) is 3.02. The summed E-state index contributed by atoms with van der Waals surface area (Å²) in [4.78, 5) is 0. The Hall–Kier alpha value is -1.08. The lowest BCUT2D eigenvalue weighted by atomic mass is 10.0. The highest BCUT2D eigenvalue weighted by molar-refractivity contribution is 5.30. The van der Waals surface area contributed by atoms with Crippen molar-refractivity contribution in [2.45, 2.75) is 59.5 Å². The van der Waals surface area contributed by atoms with E-state index in [0.29, 0.717) is 0 Å². The third-order valence-electron chi connectivity index (χ3n) is 3.36. The Balaban J connectivity index is 2.94. The third kappa shape index (κ3) is 5.00. The standard InChI is InChI=1S/C14H24F3N3O/c1-5-11-13(10(4)18-7-3)12(6-2)20(19-11)8-9-21-14(15,16)17/h10,18H,5-9H2,1-4H3. The zero-order valence-corrected chi connectivity index (χ0v) is 13.0. The zero-order valence-electron chi connectivity index (χ0n) is 13.0. The van der Waals surface area contributed by atoms with Crippen LogP contribution >= 0.6 is 0 Å². The summed E-state index contributed by atoms with van der Waals surface area (Å²) in [7, 11) is 0. The third-order valence-corrected chi connectivity index (χ3v) is 3.36. The predicted molar refractivity (Wildman–Crippen MR) is 75.1 cm³/mol. The molecule has 0 aliphatic heterocycles. The van der Waals surface area contributed by atoms with Crippen LogP contribution in [0.1, 0.15) is 50.7 Å². The van der Waals surface area contributed by atoms with Crippen LogP contribution in [0.4, 0.5) is 13.2 Å². The Morgan fingerprint density at radius 3 is 2.38 bits per heavy atom. The van der Waals surface area contributed by atoms with Gasteiger partial charge in [0.1, 0.15) is 0 Å². The van der Waals surface area contributed by atoms with Crippen LogP contribution in [-0.2, 0) is 24.1 Å². The van der Waals surface area contributed by atoms with E-state index in [9.17, 15) is 13.2 Å². The van der Waals surface area contributed by atoms with Gasteiger partial charge in [-0.05, 0) is 26.3 Å². The number of hydrogen-bond donors (Lipinski definition) is 1. The van der Waals surface area contributed by atoms with Gasteiger partial charge < -0.3 is 5.32 Å². The molecule has 122 valence electrons. The van der Waals surface area contributed by atoms with Gasteiger partial charge in [-0.2, -0.15) is 5.10 Å². The van der Waals surface area contributed by atoms with Crippen LogP contribution in [0.25, 0.3) is 0 Å². The number of hydrogen-bond acceptors (Lipinski definition) is 3. The number of halogens is 3. The van der Waals surface area contributed by atoms with E-state index in [-0.39, 0.29) is 12.6 Å². The lowest BCUT2D eigenvalue weighted by Gasteiger charge is -2.15. The molecular weight excluding hydrogens is 283 g/mol. The summed E-state index contributed by atoms with van der Waals surface area (Å²) < 4.78 is 41.7. The van der Waals surface area contributed by atoms with Crippen LogP contribution in [0.3, 0.4) is 0 Å². The molecule has 1 heterocycles. The molecule has 4 nitrogen and oxygen atoms in total. The SMILES string of the molecule is CCNC(C)c1c(CC)nn(CCOC(F)(F)F)c1CC. The molecule has 1 aromatic rings. The summed E-state index contributed by atoms with van der Waals surface area (Å²) in [6.45, 7) is 8.58. The lowest BCUT2D eigenvalue weighted by Crippen LogP contribution is -2.21. The Morgan fingerprint density at radius 2 is 1.90 bits per heavy atom. The van der Waals surface area contributed by atoms with E-state index in [1.165, 1.54) is 0 Å². The van der Waals surface area contributed by atoms with E-state index >= 15 is 0 Å². The van der Waals surface area contributed by atoms with E-state index in [4.69, 9.17) is 0 Å². The Bertz CT molecular complexity index is 443. The highest BCUT2D eigenvalue weighted by atomic mass is 19.4. The van der Waals surface area contributed by atoms with Crippen molar-refractivity contribution in [3.8, 4) is 0 Å². The molecule has 1 aromatic heterocycles. The van der Waals surface area contributed by atoms with Gasteiger partial charge >= 0.3 is 6.36 Å². The van der Waals surface area contributed by atoms with Crippen molar-refractivity contribution < 1.29 is 17.9 Å². The molecule has 21 heavy (non-hydrogen) atoms. The summed E-state index contributed by atoms with van der Waals surface area (Å²) in [5, 5.41) is 7.79. The number of aromatic nitrogens is 2. The summed E-state index contributed by atoms with van der Waals surface area (Å²) >= 11 is 0. The second-order valence-electron chi connectivity index (χ2n) is 4.81. The first-order valence-corrected chi connectivity index (χ1v) is 7.36. The average Bonchev–Trinajstić information content (AvgIpc) is 2.75. The highest BCUT2D eigenvalue weighted by Crippen LogP contribution is 2.24. The second-order valence-corrected chi connectivity index (χ2v) is 4.81. The van der Waals surface area contributed by atoms with Gasteiger partial charge in [0.15, 0.2) is 0 Å². The molecule has 7 heteroatoms. The Morgan fingerprint density at radius 1 is 1.24 bits per heavy atom. The minimum atomic E-state index is -4.59. The smallest absolute Gasteiger partial charge is 0.310 e. The predicted octanol–water partition coefficient (Wildman–Crippen LogP) is 3.21. The minimum Gasteiger partial charge on any atom is -0.310 e. The zero-order chi connectivity index (χ0) is 16.0. The second kappa shape index (κ2) is 7.79. The highest BCUT2D eigenvalue weighted by Gasteiger charge is 2.29. The van der Waals surface area contributed by atoms with E-state index in [1.54, 1.807) is 4.68 Å². The molecule has 0 amide bonds. The van der Waals surface area contributed by atoms with Crippen molar-refractivity contribution in [3.05, 3.63) is 17.0 Å². The van der Waals surface area contributed by atoms with Crippen LogP contribution in [0.15, 0.2) is 0 Å². The molecule has 0 aromatic carbocycles. The molecule has 1 N–H and O–H groups in total. The van der Waals surface area contributed by atoms with Crippen LogP contribution in [0.5, 0.6) is 0 Å². The van der Waals surface area contributed by atoms with Gasteiger partial charge in [-0.15, -0.1) is 13.2 Å². The summed E-state index contributed by atoms with van der Waals surface area (Å²) in [6, 6.07) is 0.136. The fourth-order valence-corrected chi connectivity index (χ4v) is 2.54. The van der Waals surface area contributed by atoms with E-state index < -0.39 is 13.0 Å². The first-order chi connectivity index (χ1) is 9.84. The van der Waals surface area contributed by atoms with Crippen LogP contribution in [0, 0.1) is 0 Å². The number of ether oxygens (including phenoxy) is 1. The molecule has 1 unspecified atom stereocenters. The number of rotatable bonds is 8. The van der Waals surface area contributed by atoms with Gasteiger partial charge in [-0.3, -0.25) is 9.42 Å².